The van der Waals surface area contributed by atoms with Crippen LogP contribution in [0.3, 0.4) is 0 Å². The minimum atomic E-state index is -3.89. The lowest BCUT2D eigenvalue weighted by atomic mass is 10.2. The van der Waals surface area contributed by atoms with Crippen LogP contribution in [0, 0.1) is 17.1 Å². The lowest BCUT2D eigenvalue weighted by Gasteiger charge is -2.10. The summed E-state index contributed by atoms with van der Waals surface area (Å²) in [5, 5.41) is 8.34. The van der Waals surface area contributed by atoms with Crippen LogP contribution in [0.4, 0.5) is 13.2 Å². The normalized spacial score (nSPS) is 10.8. The van der Waals surface area contributed by atoms with Gasteiger partial charge in [0.25, 0.3) is 0 Å². The predicted molar refractivity (Wildman–Crippen MR) is 42.5 cm³/mol. The second kappa shape index (κ2) is 3.76. The molecule has 0 amide bonds. The van der Waals surface area contributed by atoms with Crippen LogP contribution in [0.1, 0.15) is 5.56 Å². The van der Waals surface area contributed by atoms with Gasteiger partial charge in [-0.15, -0.1) is 8.78 Å². The molecule has 6 heteroatoms. The fourth-order valence-electron chi connectivity index (χ4n) is 0.784. The molecule has 2 nitrogen and oxygen atoms in total. The maximum Gasteiger partial charge on any atom is 0.487 e. The van der Waals surface area contributed by atoms with E-state index < -0.39 is 17.1 Å². The molecule has 0 N–H and O–H groups in total. The molecule has 0 aliphatic carbocycles. The van der Waals surface area contributed by atoms with Gasteiger partial charge in [0.15, 0.2) is 0 Å². The van der Waals surface area contributed by atoms with Gasteiger partial charge in [0.1, 0.15) is 17.6 Å². The van der Waals surface area contributed by atoms with E-state index in [9.17, 15) is 13.2 Å². The minimum absolute atomic E-state index is 0.254. The Bertz CT molecular complexity index is 383. The zero-order valence-electron chi connectivity index (χ0n) is 6.60. The summed E-state index contributed by atoms with van der Waals surface area (Å²) in [6.45, 7) is 0. The van der Waals surface area contributed by atoms with Crippen molar-refractivity contribution in [2.75, 3.05) is 0 Å². The molecule has 0 bridgehead atoms. The Balaban J connectivity index is 2.94. The SMILES string of the molecule is N#Cc1ccc(OC(F)(F)Cl)cc1F. The van der Waals surface area contributed by atoms with Crippen LogP contribution in [-0.2, 0) is 0 Å². The van der Waals surface area contributed by atoms with Crippen molar-refractivity contribution in [3.8, 4) is 11.8 Å². The van der Waals surface area contributed by atoms with E-state index in [4.69, 9.17) is 5.26 Å². The highest BCUT2D eigenvalue weighted by Gasteiger charge is 2.27. The van der Waals surface area contributed by atoms with Crippen LogP contribution in [0.2, 0.25) is 0 Å². The highest BCUT2D eigenvalue weighted by molar-refractivity contribution is 6.20. The van der Waals surface area contributed by atoms with Gasteiger partial charge in [-0.3, -0.25) is 0 Å². The van der Waals surface area contributed by atoms with Crippen LogP contribution in [0.15, 0.2) is 18.2 Å². The molecule has 0 saturated heterocycles. The average Bonchev–Trinajstić information content (AvgIpc) is 2.01. The third-order valence-corrected chi connectivity index (χ3v) is 1.37. The zero-order valence-corrected chi connectivity index (χ0v) is 7.36. The standard InChI is InChI=1S/C8H3ClF3NO/c9-8(11,12)14-6-2-1-5(4-13)7(10)3-6/h1-3H. The summed E-state index contributed by atoms with van der Waals surface area (Å²) >= 11 is 4.45. The first kappa shape index (κ1) is 10.7. The first-order chi connectivity index (χ1) is 6.42. The summed E-state index contributed by atoms with van der Waals surface area (Å²) in [5.74, 6) is -1.38. The quantitative estimate of drug-likeness (QED) is 0.720. The maximum absolute atomic E-state index is 12.8. The highest BCUT2D eigenvalue weighted by Crippen LogP contribution is 2.26. The van der Waals surface area contributed by atoms with Crippen LogP contribution < -0.4 is 4.74 Å². The van der Waals surface area contributed by atoms with Gasteiger partial charge in [-0.05, 0) is 12.1 Å². The lowest BCUT2D eigenvalue weighted by molar-refractivity contribution is -0.0966. The van der Waals surface area contributed by atoms with Crippen LogP contribution in [0.5, 0.6) is 5.75 Å². The summed E-state index contributed by atoms with van der Waals surface area (Å²) in [5.41, 5.74) is -4.14. The zero-order chi connectivity index (χ0) is 10.8. The van der Waals surface area contributed by atoms with E-state index in [-0.39, 0.29) is 5.56 Å². The van der Waals surface area contributed by atoms with Gasteiger partial charge in [-0.2, -0.15) is 5.26 Å². The monoisotopic (exact) mass is 221 g/mol. The summed E-state index contributed by atoms with van der Waals surface area (Å²) in [6, 6.07) is 4.24. The van der Waals surface area contributed by atoms with E-state index in [1.54, 1.807) is 0 Å². The Morgan fingerprint density at radius 3 is 2.50 bits per heavy atom. The van der Waals surface area contributed by atoms with Crippen molar-refractivity contribution < 1.29 is 17.9 Å². The largest absolute Gasteiger partial charge is 0.487 e. The molecule has 0 radical (unpaired) electrons. The fraction of sp³-hybridized carbons (Fsp3) is 0.125. The van der Waals surface area contributed by atoms with E-state index in [1.165, 1.54) is 6.07 Å². The Kier molecular flexibility index (Phi) is 2.87. The van der Waals surface area contributed by atoms with Crippen molar-refractivity contribution in [1.82, 2.24) is 0 Å². The van der Waals surface area contributed by atoms with Gasteiger partial charge in [0.2, 0.25) is 0 Å². The van der Waals surface area contributed by atoms with Crippen molar-refractivity contribution >= 4 is 11.6 Å². The number of hydrogen-bond acceptors (Lipinski definition) is 2. The van der Waals surface area contributed by atoms with Crippen molar-refractivity contribution in [3.63, 3.8) is 0 Å². The molecule has 0 aromatic heterocycles. The van der Waals surface area contributed by atoms with Gasteiger partial charge in [-0.1, -0.05) is 0 Å². The van der Waals surface area contributed by atoms with Gasteiger partial charge < -0.3 is 4.74 Å². The average molecular weight is 222 g/mol. The molecule has 0 heterocycles. The third-order valence-electron chi connectivity index (χ3n) is 1.29. The second-order valence-corrected chi connectivity index (χ2v) is 2.74. The molecule has 1 aromatic carbocycles. The molecular formula is C8H3ClF3NO. The number of hydrogen-bond donors (Lipinski definition) is 0. The smallest absolute Gasteiger partial charge is 0.420 e. The Morgan fingerprint density at radius 2 is 2.07 bits per heavy atom. The lowest BCUT2D eigenvalue weighted by Crippen LogP contribution is -2.15. The molecule has 0 atom stereocenters. The molecule has 1 rings (SSSR count). The number of benzene rings is 1. The number of rotatable bonds is 2. The predicted octanol–water partition coefficient (Wildman–Crippen LogP) is 2.87. The van der Waals surface area contributed by atoms with Gasteiger partial charge in [-0.25, -0.2) is 4.39 Å². The maximum atomic E-state index is 12.8. The Hall–Kier alpha value is -1.41. The van der Waals surface area contributed by atoms with E-state index in [0.717, 1.165) is 12.1 Å². The molecule has 0 aliphatic heterocycles. The number of halogens is 4. The first-order valence-corrected chi connectivity index (χ1v) is 3.75. The molecule has 0 spiro atoms. The number of alkyl halides is 3. The van der Waals surface area contributed by atoms with Crippen LogP contribution in [0.25, 0.3) is 0 Å². The van der Waals surface area contributed by atoms with Gasteiger partial charge >= 0.3 is 5.57 Å². The van der Waals surface area contributed by atoms with Crippen LogP contribution in [-0.4, -0.2) is 5.57 Å². The van der Waals surface area contributed by atoms with Gasteiger partial charge in [0, 0.05) is 17.7 Å². The summed E-state index contributed by atoms with van der Waals surface area (Å²) in [6.07, 6.45) is 0. The molecule has 0 fully saturated rings. The molecular weight excluding hydrogens is 219 g/mol. The molecule has 0 aliphatic rings. The number of ether oxygens (including phenoxy) is 1. The van der Waals surface area contributed by atoms with E-state index in [2.05, 4.69) is 16.3 Å². The van der Waals surface area contributed by atoms with Crippen molar-refractivity contribution in [2.24, 2.45) is 0 Å². The molecule has 74 valence electrons. The highest BCUT2D eigenvalue weighted by atomic mass is 35.5. The Labute approximate surface area is 82.5 Å². The van der Waals surface area contributed by atoms with Crippen molar-refractivity contribution in [3.05, 3.63) is 29.6 Å². The molecule has 1 aromatic rings. The van der Waals surface area contributed by atoms with Crippen molar-refractivity contribution in [1.29, 1.82) is 5.26 Å². The minimum Gasteiger partial charge on any atom is -0.420 e. The topological polar surface area (TPSA) is 33.0 Å². The second-order valence-electron chi connectivity index (χ2n) is 2.30. The number of nitrogens with zero attached hydrogens (tertiary/aromatic N) is 1. The van der Waals surface area contributed by atoms with Crippen molar-refractivity contribution in [2.45, 2.75) is 5.57 Å². The molecule has 0 saturated carbocycles. The Morgan fingerprint density at radius 1 is 1.43 bits per heavy atom. The number of nitriles is 1. The van der Waals surface area contributed by atoms with Crippen LogP contribution >= 0.6 is 11.6 Å². The third kappa shape index (κ3) is 2.82. The summed E-state index contributed by atoms with van der Waals surface area (Å²) in [7, 11) is 0. The summed E-state index contributed by atoms with van der Waals surface area (Å²) < 4.78 is 40.9. The summed E-state index contributed by atoms with van der Waals surface area (Å²) in [4.78, 5) is 0. The fourth-order valence-corrected chi connectivity index (χ4v) is 0.873. The van der Waals surface area contributed by atoms with E-state index >= 15 is 0 Å². The van der Waals surface area contributed by atoms with E-state index in [0.29, 0.717) is 6.07 Å². The van der Waals surface area contributed by atoms with E-state index in [1.807, 2.05) is 0 Å². The van der Waals surface area contributed by atoms with Gasteiger partial charge in [0.05, 0.1) is 5.56 Å². The molecule has 0 unspecified atom stereocenters. The first-order valence-electron chi connectivity index (χ1n) is 3.38. The molecule has 14 heavy (non-hydrogen) atoms.